The van der Waals surface area contributed by atoms with Gasteiger partial charge in [-0.1, -0.05) is 6.07 Å². The molecule has 138 valence electrons. The fourth-order valence-corrected chi connectivity index (χ4v) is 3.42. The summed E-state index contributed by atoms with van der Waals surface area (Å²) in [6.45, 7) is 1.41. The fraction of sp³-hybridized carbons (Fsp3) is 0.312. The molecule has 3 heterocycles. The summed E-state index contributed by atoms with van der Waals surface area (Å²) in [5.41, 5.74) is -0.688. The first-order valence-corrected chi connectivity index (χ1v) is 9.16. The van der Waals surface area contributed by atoms with Gasteiger partial charge in [0.25, 0.3) is 15.9 Å². The molecule has 1 aliphatic rings. The molecule has 0 spiro atoms. The zero-order valence-electron chi connectivity index (χ0n) is 14.5. The third-order valence-electron chi connectivity index (χ3n) is 4.20. The summed E-state index contributed by atoms with van der Waals surface area (Å²) in [7, 11) is -0.962. The lowest BCUT2D eigenvalue weighted by atomic mass is 9.93. The van der Waals surface area contributed by atoms with Gasteiger partial charge in [-0.25, -0.2) is 17.5 Å². The maximum absolute atomic E-state index is 12.8. The van der Waals surface area contributed by atoms with Crippen molar-refractivity contribution in [1.82, 2.24) is 19.5 Å². The molecule has 1 N–H and O–H groups in total. The summed E-state index contributed by atoms with van der Waals surface area (Å²) in [4.78, 5) is 30.1. The van der Waals surface area contributed by atoms with E-state index in [1.807, 2.05) is 0 Å². The molecule has 3 amide bonds. The number of rotatable bonds is 5. The Bertz CT molecular complexity index is 954. The molecule has 0 aromatic carbocycles. The van der Waals surface area contributed by atoms with Crippen molar-refractivity contribution >= 4 is 22.0 Å². The Morgan fingerprint density at radius 1 is 1.27 bits per heavy atom. The normalized spacial score (nSPS) is 20.7. The number of sulfonamides is 1. The van der Waals surface area contributed by atoms with E-state index in [9.17, 15) is 18.0 Å². The van der Waals surface area contributed by atoms with E-state index in [1.165, 1.54) is 32.4 Å². The number of imide groups is 1. The predicted molar refractivity (Wildman–Crippen MR) is 90.3 cm³/mol. The van der Waals surface area contributed by atoms with Crippen LogP contribution < -0.4 is 5.32 Å². The van der Waals surface area contributed by atoms with Crippen LogP contribution in [0.15, 0.2) is 46.2 Å². The third-order valence-corrected chi connectivity index (χ3v) is 5.89. The minimum atomic E-state index is -3.73. The summed E-state index contributed by atoms with van der Waals surface area (Å²) < 4.78 is 30.5. The molecule has 3 rings (SSSR count). The minimum absolute atomic E-state index is 0.177. The van der Waals surface area contributed by atoms with E-state index < -0.39 is 27.5 Å². The van der Waals surface area contributed by atoms with Crippen LogP contribution in [-0.2, 0) is 26.9 Å². The number of amides is 3. The molecule has 0 bridgehead atoms. The second-order valence-electron chi connectivity index (χ2n) is 6.20. The topological polar surface area (TPSA) is 113 Å². The van der Waals surface area contributed by atoms with Crippen LogP contribution in [0.3, 0.4) is 0 Å². The number of nitrogens with one attached hydrogen (secondary N) is 1. The molecule has 10 heteroatoms. The number of urea groups is 1. The average molecular weight is 378 g/mol. The number of pyridine rings is 1. The minimum Gasteiger partial charge on any atom is -0.446 e. The van der Waals surface area contributed by atoms with Gasteiger partial charge in [0, 0.05) is 32.1 Å². The van der Waals surface area contributed by atoms with Gasteiger partial charge in [-0.05, 0) is 25.1 Å². The van der Waals surface area contributed by atoms with Crippen LogP contribution in [0, 0.1) is 0 Å². The van der Waals surface area contributed by atoms with Crippen molar-refractivity contribution in [2.24, 2.45) is 0 Å². The Morgan fingerprint density at radius 3 is 2.62 bits per heavy atom. The van der Waals surface area contributed by atoms with E-state index in [0.717, 1.165) is 9.21 Å². The monoisotopic (exact) mass is 378 g/mol. The van der Waals surface area contributed by atoms with E-state index in [4.69, 9.17) is 4.42 Å². The van der Waals surface area contributed by atoms with E-state index in [2.05, 4.69) is 10.3 Å². The number of furan rings is 1. The third kappa shape index (κ3) is 2.86. The molecule has 0 unspecified atom stereocenters. The SMILES string of the molecule is CN(C)S(=O)(=O)c1ccc(CN2C(=O)N[C@@](C)(c3cccnc3)C2=O)o1. The Morgan fingerprint density at radius 2 is 2.00 bits per heavy atom. The predicted octanol–water partition coefficient (Wildman–Crippen LogP) is 0.892. The van der Waals surface area contributed by atoms with Crippen molar-refractivity contribution in [3.63, 3.8) is 0 Å². The van der Waals surface area contributed by atoms with Crippen LogP contribution in [0.5, 0.6) is 0 Å². The number of carbonyl (C=O) groups excluding carboxylic acids is 2. The first kappa shape index (κ1) is 18.1. The van der Waals surface area contributed by atoms with E-state index in [1.54, 1.807) is 25.3 Å². The van der Waals surface area contributed by atoms with Crippen molar-refractivity contribution in [3.05, 3.63) is 48.0 Å². The van der Waals surface area contributed by atoms with Crippen LogP contribution in [0.4, 0.5) is 4.79 Å². The summed E-state index contributed by atoms with van der Waals surface area (Å²) in [6.07, 6.45) is 3.08. The molecule has 26 heavy (non-hydrogen) atoms. The quantitative estimate of drug-likeness (QED) is 0.773. The Hall–Kier alpha value is -2.72. The van der Waals surface area contributed by atoms with Crippen LogP contribution >= 0.6 is 0 Å². The van der Waals surface area contributed by atoms with Gasteiger partial charge in [-0.15, -0.1) is 0 Å². The van der Waals surface area contributed by atoms with Crippen LogP contribution in [0.2, 0.25) is 0 Å². The van der Waals surface area contributed by atoms with Gasteiger partial charge in [-0.2, -0.15) is 0 Å². The summed E-state index contributed by atoms with van der Waals surface area (Å²) >= 11 is 0. The molecular formula is C16H18N4O5S. The number of hydrogen-bond acceptors (Lipinski definition) is 6. The van der Waals surface area contributed by atoms with E-state index >= 15 is 0 Å². The first-order chi connectivity index (χ1) is 12.2. The van der Waals surface area contributed by atoms with Gasteiger partial charge in [0.05, 0.1) is 6.54 Å². The van der Waals surface area contributed by atoms with Crippen LogP contribution in [0.1, 0.15) is 18.2 Å². The molecule has 2 aromatic heterocycles. The van der Waals surface area contributed by atoms with Crippen molar-refractivity contribution < 1.29 is 22.4 Å². The fourth-order valence-electron chi connectivity index (χ4n) is 2.61. The Labute approximate surface area is 150 Å². The van der Waals surface area contributed by atoms with Gasteiger partial charge >= 0.3 is 6.03 Å². The Kier molecular flexibility index (Phi) is 4.32. The average Bonchev–Trinajstić information content (AvgIpc) is 3.16. The van der Waals surface area contributed by atoms with E-state index in [0.29, 0.717) is 5.56 Å². The lowest BCUT2D eigenvalue weighted by Gasteiger charge is -2.21. The number of carbonyl (C=O) groups is 2. The van der Waals surface area contributed by atoms with Crippen molar-refractivity contribution in [2.45, 2.75) is 24.1 Å². The molecule has 9 nitrogen and oxygen atoms in total. The molecule has 1 aliphatic heterocycles. The Balaban J connectivity index is 1.85. The second kappa shape index (κ2) is 6.22. The molecule has 1 saturated heterocycles. The number of nitrogens with zero attached hydrogens (tertiary/aromatic N) is 3. The highest BCUT2D eigenvalue weighted by molar-refractivity contribution is 7.88. The maximum atomic E-state index is 12.8. The molecule has 0 radical (unpaired) electrons. The smallest absolute Gasteiger partial charge is 0.325 e. The van der Waals surface area contributed by atoms with Crippen molar-refractivity contribution in [1.29, 1.82) is 0 Å². The molecule has 2 aromatic rings. The zero-order chi connectivity index (χ0) is 19.1. The van der Waals surface area contributed by atoms with Crippen LogP contribution in [-0.4, -0.2) is 48.6 Å². The highest BCUT2D eigenvalue weighted by atomic mass is 32.2. The molecule has 0 saturated carbocycles. The second-order valence-corrected chi connectivity index (χ2v) is 8.28. The number of hydrogen-bond donors (Lipinski definition) is 1. The van der Waals surface area contributed by atoms with Gasteiger partial charge in [-0.3, -0.25) is 14.7 Å². The highest BCUT2D eigenvalue weighted by Crippen LogP contribution is 2.29. The number of aromatic nitrogens is 1. The summed E-state index contributed by atoms with van der Waals surface area (Å²) in [6, 6.07) is 5.51. The van der Waals surface area contributed by atoms with Crippen molar-refractivity contribution in [2.75, 3.05) is 14.1 Å². The largest absolute Gasteiger partial charge is 0.446 e. The lowest BCUT2D eigenvalue weighted by Crippen LogP contribution is -2.40. The van der Waals surface area contributed by atoms with Gasteiger partial charge in [0.1, 0.15) is 11.3 Å². The highest BCUT2D eigenvalue weighted by Gasteiger charge is 2.49. The summed E-state index contributed by atoms with van der Waals surface area (Å²) in [5, 5.41) is 2.40. The van der Waals surface area contributed by atoms with Gasteiger partial charge < -0.3 is 9.73 Å². The first-order valence-electron chi connectivity index (χ1n) is 7.72. The van der Waals surface area contributed by atoms with Gasteiger partial charge in [0.2, 0.25) is 5.09 Å². The molecular weight excluding hydrogens is 360 g/mol. The van der Waals surface area contributed by atoms with Crippen LogP contribution in [0.25, 0.3) is 0 Å². The van der Waals surface area contributed by atoms with Gasteiger partial charge in [0.15, 0.2) is 0 Å². The molecule has 1 atom stereocenters. The van der Waals surface area contributed by atoms with E-state index in [-0.39, 0.29) is 17.4 Å². The molecule has 0 aliphatic carbocycles. The maximum Gasteiger partial charge on any atom is 0.325 e. The molecule has 1 fully saturated rings. The standard InChI is InChI=1S/C16H18N4O5S/c1-16(11-5-4-8-17-9-11)14(21)20(15(22)18-16)10-12-6-7-13(25-12)26(23,24)19(2)3/h4-9H,10H2,1-3H3,(H,18,22)/t16-/m0/s1. The zero-order valence-corrected chi connectivity index (χ0v) is 15.3. The summed E-state index contributed by atoms with van der Waals surface area (Å²) in [5.74, 6) is -0.284. The lowest BCUT2D eigenvalue weighted by molar-refractivity contribution is -0.131. The van der Waals surface area contributed by atoms with Crippen molar-refractivity contribution in [3.8, 4) is 0 Å².